The molecule has 0 aromatic carbocycles. The Kier molecular flexibility index (Phi) is 4.87. The third-order valence-corrected chi connectivity index (χ3v) is 3.89. The first-order chi connectivity index (χ1) is 11.3. The molecule has 0 spiro atoms. The van der Waals surface area contributed by atoms with Gasteiger partial charge in [0.05, 0.1) is 18.0 Å². The van der Waals surface area contributed by atoms with Gasteiger partial charge in [-0.3, -0.25) is 4.79 Å². The van der Waals surface area contributed by atoms with Crippen molar-refractivity contribution in [2.45, 2.75) is 18.9 Å². The predicted molar refractivity (Wildman–Crippen MR) is 87.1 cm³/mol. The molecule has 23 heavy (non-hydrogen) atoms. The summed E-state index contributed by atoms with van der Waals surface area (Å²) in [5.41, 5.74) is 1.84. The number of amides is 1. The lowest BCUT2D eigenvalue weighted by molar-refractivity contribution is -0.122. The molecular weight excluding hydrogens is 294 g/mol. The third kappa shape index (κ3) is 3.87. The second kappa shape index (κ2) is 7.23. The summed E-state index contributed by atoms with van der Waals surface area (Å²) in [7, 11) is 1.60. The van der Waals surface area contributed by atoms with E-state index >= 15 is 0 Å². The molecule has 0 radical (unpaired) electrons. The number of carbonyl (C=O) groups excluding carboxylic acids is 1. The first-order valence-corrected chi connectivity index (χ1v) is 7.76. The molecule has 2 N–H and O–H groups in total. The Morgan fingerprint density at radius 3 is 3.22 bits per heavy atom. The minimum absolute atomic E-state index is 0.0276. The van der Waals surface area contributed by atoms with E-state index in [1.54, 1.807) is 13.3 Å². The van der Waals surface area contributed by atoms with E-state index in [0.717, 1.165) is 30.9 Å². The van der Waals surface area contributed by atoms with Crippen molar-refractivity contribution in [3.05, 3.63) is 30.6 Å². The molecule has 0 aliphatic carbocycles. The molecule has 7 heteroatoms. The highest BCUT2D eigenvalue weighted by Crippen LogP contribution is 2.20. The number of carbonyl (C=O) groups is 1. The van der Waals surface area contributed by atoms with Crippen LogP contribution in [0, 0.1) is 0 Å². The van der Waals surface area contributed by atoms with Crippen LogP contribution in [0.25, 0.3) is 11.4 Å². The first-order valence-electron chi connectivity index (χ1n) is 7.76. The van der Waals surface area contributed by atoms with E-state index in [0.29, 0.717) is 19.0 Å². The Hall–Kier alpha value is -2.41. The van der Waals surface area contributed by atoms with Gasteiger partial charge in [0.15, 0.2) is 0 Å². The van der Waals surface area contributed by atoms with Crippen LogP contribution in [0.2, 0.25) is 0 Å². The van der Waals surface area contributed by atoms with Gasteiger partial charge < -0.3 is 19.9 Å². The molecule has 2 aromatic heterocycles. The topological polar surface area (TPSA) is 83.1 Å². The summed E-state index contributed by atoms with van der Waals surface area (Å²) in [6.07, 6.45) is 4.93. The number of hydrogen-bond acceptors (Lipinski definition) is 5. The highest BCUT2D eigenvalue weighted by Gasteiger charge is 2.25. The van der Waals surface area contributed by atoms with Crippen molar-refractivity contribution in [2.24, 2.45) is 0 Å². The molecule has 0 saturated carbocycles. The first kappa shape index (κ1) is 15.5. The van der Waals surface area contributed by atoms with Crippen molar-refractivity contribution in [3.63, 3.8) is 0 Å². The van der Waals surface area contributed by atoms with Crippen molar-refractivity contribution in [3.8, 4) is 11.4 Å². The van der Waals surface area contributed by atoms with E-state index in [4.69, 9.17) is 4.74 Å². The average molecular weight is 315 g/mol. The molecule has 1 unspecified atom stereocenters. The number of H-pyrrole nitrogens is 1. The lowest BCUT2D eigenvalue weighted by Crippen LogP contribution is -2.37. The summed E-state index contributed by atoms with van der Waals surface area (Å²) in [5, 5.41) is 3.03. The number of anilines is 1. The van der Waals surface area contributed by atoms with E-state index in [1.165, 1.54) is 0 Å². The number of methoxy groups -OCH3 is 1. The molecule has 0 bridgehead atoms. The number of nitrogens with zero attached hydrogens (tertiary/aromatic N) is 3. The maximum atomic E-state index is 11.8. The van der Waals surface area contributed by atoms with E-state index in [9.17, 15) is 4.79 Å². The molecule has 3 rings (SSSR count). The quantitative estimate of drug-likeness (QED) is 0.837. The number of hydrogen-bond donors (Lipinski definition) is 2. The zero-order valence-electron chi connectivity index (χ0n) is 13.2. The number of nitrogens with one attached hydrogen (secondary N) is 2. The van der Waals surface area contributed by atoms with Crippen molar-refractivity contribution in [2.75, 3.05) is 31.7 Å². The third-order valence-electron chi connectivity index (χ3n) is 3.89. The van der Waals surface area contributed by atoms with Crippen molar-refractivity contribution in [1.82, 2.24) is 20.3 Å². The number of rotatable bonds is 6. The molecule has 1 amide bonds. The Bertz CT molecular complexity index is 644. The molecule has 1 aliphatic rings. The van der Waals surface area contributed by atoms with Gasteiger partial charge in [0.25, 0.3) is 0 Å². The standard InChI is InChI=1S/C16H21N5O2/c1-23-10-6-15(22)19-12-5-9-21(11-12)16-18-8-4-14(20-16)13-3-2-7-17-13/h2-4,7-8,12,17H,5-6,9-11H2,1H3,(H,19,22). The molecule has 1 fully saturated rings. The fourth-order valence-corrected chi connectivity index (χ4v) is 2.69. The Labute approximate surface area is 135 Å². The van der Waals surface area contributed by atoms with Crippen LogP contribution >= 0.6 is 0 Å². The minimum Gasteiger partial charge on any atom is -0.384 e. The summed E-state index contributed by atoms with van der Waals surface area (Å²) in [6, 6.07) is 5.94. The van der Waals surface area contributed by atoms with Gasteiger partial charge in [-0.1, -0.05) is 0 Å². The van der Waals surface area contributed by atoms with Crippen LogP contribution in [0.15, 0.2) is 30.6 Å². The summed E-state index contributed by atoms with van der Waals surface area (Å²) in [6.45, 7) is 2.01. The fraction of sp³-hybridized carbons (Fsp3) is 0.438. The van der Waals surface area contributed by atoms with Crippen molar-refractivity contribution in [1.29, 1.82) is 0 Å². The Morgan fingerprint density at radius 1 is 1.52 bits per heavy atom. The van der Waals surface area contributed by atoms with Crippen LogP contribution in [0.5, 0.6) is 0 Å². The second-order valence-corrected chi connectivity index (χ2v) is 5.57. The van der Waals surface area contributed by atoms with Gasteiger partial charge in [0, 0.05) is 45.1 Å². The number of ether oxygens (including phenoxy) is 1. The van der Waals surface area contributed by atoms with Gasteiger partial charge >= 0.3 is 0 Å². The number of aromatic nitrogens is 3. The molecule has 3 heterocycles. The van der Waals surface area contributed by atoms with Gasteiger partial charge in [0.2, 0.25) is 11.9 Å². The molecule has 7 nitrogen and oxygen atoms in total. The monoisotopic (exact) mass is 315 g/mol. The minimum atomic E-state index is 0.0276. The Balaban J connectivity index is 1.61. The van der Waals surface area contributed by atoms with Gasteiger partial charge in [-0.05, 0) is 24.6 Å². The average Bonchev–Trinajstić information content (AvgIpc) is 3.25. The van der Waals surface area contributed by atoms with Crippen molar-refractivity contribution >= 4 is 11.9 Å². The summed E-state index contributed by atoms with van der Waals surface area (Å²) >= 11 is 0. The number of aromatic amines is 1. The molecule has 1 atom stereocenters. The SMILES string of the molecule is COCCC(=O)NC1CCN(c2nccc(-c3ccc[nH]3)n2)C1. The Morgan fingerprint density at radius 2 is 2.43 bits per heavy atom. The maximum absolute atomic E-state index is 11.8. The lowest BCUT2D eigenvalue weighted by atomic mass is 10.2. The predicted octanol–water partition coefficient (Wildman–Crippen LogP) is 1.20. The fourth-order valence-electron chi connectivity index (χ4n) is 2.69. The largest absolute Gasteiger partial charge is 0.384 e. The molecule has 2 aromatic rings. The maximum Gasteiger partial charge on any atom is 0.225 e. The smallest absolute Gasteiger partial charge is 0.225 e. The van der Waals surface area contributed by atoms with Crippen LogP contribution in [0.4, 0.5) is 5.95 Å². The van der Waals surface area contributed by atoms with Gasteiger partial charge in [-0.2, -0.15) is 0 Å². The van der Waals surface area contributed by atoms with Gasteiger partial charge in [-0.15, -0.1) is 0 Å². The van der Waals surface area contributed by atoms with E-state index in [2.05, 4.69) is 25.2 Å². The van der Waals surface area contributed by atoms with E-state index < -0.39 is 0 Å². The lowest BCUT2D eigenvalue weighted by Gasteiger charge is -2.17. The molecule has 1 aliphatic heterocycles. The van der Waals surface area contributed by atoms with Gasteiger partial charge in [-0.25, -0.2) is 9.97 Å². The molecule has 122 valence electrons. The summed E-state index contributed by atoms with van der Waals surface area (Å²) in [5.74, 6) is 0.727. The molecular formula is C16H21N5O2. The van der Waals surface area contributed by atoms with Crippen LogP contribution in [-0.2, 0) is 9.53 Å². The summed E-state index contributed by atoms with van der Waals surface area (Å²) in [4.78, 5) is 26.0. The van der Waals surface area contributed by atoms with E-state index in [1.807, 2.05) is 24.4 Å². The summed E-state index contributed by atoms with van der Waals surface area (Å²) < 4.78 is 4.92. The van der Waals surface area contributed by atoms with Crippen LogP contribution in [-0.4, -0.2) is 53.7 Å². The second-order valence-electron chi connectivity index (χ2n) is 5.57. The highest BCUT2D eigenvalue weighted by molar-refractivity contribution is 5.76. The normalized spacial score (nSPS) is 17.4. The zero-order valence-corrected chi connectivity index (χ0v) is 13.2. The van der Waals surface area contributed by atoms with Crippen LogP contribution in [0.1, 0.15) is 12.8 Å². The van der Waals surface area contributed by atoms with Gasteiger partial charge in [0.1, 0.15) is 0 Å². The molecule has 1 saturated heterocycles. The van der Waals surface area contributed by atoms with E-state index in [-0.39, 0.29) is 11.9 Å². The highest BCUT2D eigenvalue weighted by atomic mass is 16.5. The van der Waals surface area contributed by atoms with Crippen molar-refractivity contribution < 1.29 is 9.53 Å². The van der Waals surface area contributed by atoms with Crippen LogP contribution < -0.4 is 10.2 Å². The van der Waals surface area contributed by atoms with Crippen LogP contribution in [0.3, 0.4) is 0 Å². The zero-order chi connectivity index (χ0) is 16.1.